The minimum absolute atomic E-state index is 0.0806. The molecule has 1 aliphatic rings. The molecule has 1 amide bonds. The Labute approximate surface area is 124 Å². The van der Waals surface area contributed by atoms with Crippen LogP contribution in [0.15, 0.2) is 48.8 Å². The van der Waals surface area contributed by atoms with Crippen LogP contribution in [0.1, 0.15) is 24.0 Å². The van der Waals surface area contributed by atoms with E-state index >= 15 is 0 Å². The van der Waals surface area contributed by atoms with Gasteiger partial charge in [-0.3, -0.25) is 9.78 Å². The molecule has 1 N–H and O–H groups in total. The lowest BCUT2D eigenvalue weighted by atomic mass is 9.99. The van der Waals surface area contributed by atoms with Crippen molar-refractivity contribution in [3.05, 3.63) is 59.9 Å². The first-order chi connectivity index (χ1) is 10.3. The zero-order valence-corrected chi connectivity index (χ0v) is 12.1. The van der Waals surface area contributed by atoms with Crippen molar-refractivity contribution in [3.8, 4) is 0 Å². The Bertz CT molecular complexity index is 627. The van der Waals surface area contributed by atoms with E-state index in [0.717, 1.165) is 16.8 Å². The number of pyridine rings is 1. The van der Waals surface area contributed by atoms with Crippen LogP contribution >= 0.6 is 0 Å². The third kappa shape index (κ3) is 2.75. The number of aromatic nitrogens is 1. The predicted octanol–water partition coefficient (Wildman–Crippen LogP) is 2.64. The minimum atomic E-state index is -0.0806. The summed E-state index contributed by atoms with van der Waals surface area (Å²) in [6.07, 6.45) is 3.53. The number of carbonyl (C=O) groups is 1. The number of para-hydroxylation sites is 1. The van der Waals surface area contributed by atoms with Gasteiger partial charge in [-0.1, -0.05) is 18.2 Å². The number of likely N-dealkylation sites (N-methyl/N-ethyl adjacent to an activating group) is 1. The summed E-state index contributed by atoms with van der Waals surface area (Å²) in [4.78, 5) is 18.7. The number of nitrogens with one attached hydrogen (secondary N) is 1. The van der Waals surface area contributed by atoms with Crippen molar-refractivity contribution in [1.29, 1.82) is 0 Å². The molecule has 1 aliphatic heterocycles. The fourth-order valence-corrected chi connectivity index (χ4v) is 2.78. The van der Waals surface area contributed by atoms with Gasteiger partial charge in [0.1, 0.15) is 0 Å². The Morgan fingerprint density at radius 2 is 2.05 bits per heavy atom. The molecule has 0 aliphatic carbocycles. The SMILES string of the molecule is CCN(Cc1ccncc1)C(=O)C1CNc2ccccc21. The molecule has 3 rings (SSSR count). The second-order valence-corrected chi connectivity index (χ2v) is 5.23. The monoisotopic (exact) mass is 281 g/mol. The van der Waals surface area contributed by atoms with Gasteiger partial charge in [-0.05, 0) is 36.2 Å². The third-order valence-corrected chi connectivity index (χ3v) is 3.95. The summed E-state index contributed by atoms with van der Waals surface area (Å²) in [6.45, 7) is 4.05. The molecule has 0 radical (unpaired) electrons. The van der Waals surface area contributed by atoms with E-state index in [4.69, 9.17) is 0 Å². The fraction of sp³-hybridized carbons (Fsp3) is 0.294. The molecule has 1 atom stereocenters. The molecule has 0 saturated carbocycles. The Kier molecular flexibility index (Phi) is 3.86. The van der Waals surface area contributed by atoms with Crippen LogP contribution < -0.4 is 5.32 Å². The third-order valence-electron chi connectivity index (χ3n) is 3.95. The second-order valence-electron chi connectivity index (χ2n) is 5.23. The van der Waals surface area contributed by atoms with Crippen LogP contribution in [0.2, 0.25) is 0 Å². The molecule has 0 fully saturated rings. The number of benzene rings is 1. The van der Waals surface area contributed by atoms with Gasteiger partial charge in [0.2, 0.25) is 5.91 Å². The van der Waals surface area contributed by atoms with Crippen molar-refractivity contribution in [1.82, 2.24) is 9.88 Å². The highest BCUT2D eigenvalue weighted by atomic mass is 16.2. The first kappa shape index (κ1) is 13.6. The zero-order valence-electron chi connectivity index (χ0n) is 12.1. The lowest BCUT2D eigenvalue weighted by Crippen LogP contribution is -2.35. The molecule has 0 saturated heterocycles. The summed E-state index contributed by atoms with van der Waals surface area (Å²) >= 11 is 0. The summed E-state index contributed by atoms with van der Waals surface area (Å²) < 4.78 is 0. The number of anilines is 1. The second kappa shape index (κ2) is 5.95. The summed E-state index contributed by atoms with van der Waals surface area (Å²) in [5, 5.41) is 3.32. The van der Waals surface area contributed by atoms with Gasteiger partial charge in [0.15, 0.2) is 0 Å². The van der Waals surface area contributed by atoms with Crippen molar-refractivity contribution in [2.45, 2.75) is 19.4 Å². The first-order valence-electron chi connectivity index (χ1n) is 7.30. The number of fused-ring (bicyclic) bond motifs is 1. The number of hydrogen-bond donors (Lipinski definition) is 1. The summed E-state index contributed by atoms with van der Waals surface area (Å²) in [5.41, 5.74) is 3.30. The number of hydrogen-bond acceptors (Lipinski definition) is 3. The Balaban J connectivity index is 1.78. The van der Waals surface area contributed by atoms with Crippen LogP contribution in [0.3, 0.4) is 0 Å². The van der Waals surface area contributed by atoms with E-state index in [9.17, 15) is 4.79 Å². The van der Waals surface area contributed by atoms with Crippen LogP contribution in [0.5, 0.6) is 0 Å². The standard InChI is InChI=1S/C17H19N3O/c1-2-20(12-13-7-9-18-10-8-13)17(21)15-11-19-16-6-4-3-5-14(15)16/h3-10,15,19H,2,11-12H2,1H3. The highest BCUT2D eigenvalue weighted by Crippen LogP contribution is 2.32. The number of rotatable bonds is 4. The first-order valence-corrected chi connectivity index (χ1v) is 7.30. The van der Waals surface area contributed by atoms with Crippen LogP contribution in [0.25, 0.3) is 0 Å². The Morgan fingerprint density at radius 3 is 2.81 bits per heavy atom. The highest BCUT2D eigenvalue weighted by molar-refractivity contribution is 5.88. The lowest BCUT2D eigenvalue weighted by Gasteiger charge is -2.24. The molecule has 0 bridgehead atoms. The Morgan fingerprint density at radius 1 is 1.29 bits per heavy atom. The van der Waals surface area contributed by atoms with Crippen molar-refractivity contribution < 1.29 is 4.79 Å². The van der Waals surface area contributed by atoms with Gasteiger partial charge in [0.25, 0.3) is 0 Å². The Hall–Kier alpha value is -2.36. The van der Waals surface area contributed by atoms with E-state index in [1.54, 1.807) is 12.4 Å². The molecule has 1 unspecified atom stereocenters. The van der Waals surface area contributed by atoms with Gasteiger partial charge >= 0.3 is 0 Å². The number of carbonyl (C=O) groups excluding carboxylic acids is 1. The summed E-state index contributed by atoms with van der Waals surface area (Å²) in [7, 11) is 0. The topological polar surface area (TPSA) is 45.2 Å². The van der Waals surface area contributed by atoms with Crippen molar-refractivity contribution in [3.63, 3.8) is 0 Å². The average Bonchev–Trinajstić information content (AvgIpc) is 2.97. The predicted molar refractivity (Wildman–Crippen MR) is 83.0 cm³/mol. The lowest BCUT2D eigenvalue weighted by molar-refractivity contribution is -0.132. The maximum absolute atomic E-state index is 12.8. The summed E-state index contributed by atoms with van der Waals surface area (Å²) in [5.74, 6) is 0.106. The zero-order chi connectivity index (χ0) is 14.7. The molecule has 1 aromatic heterocycles. The van der Waals surface area contributed by atoms with Crippen molar-refractivity contribution in [2.24, 2.45) is 0 Å². The molecular formula is C17H19N3O. The molecule has 2 heterocycles. The molecule has 1 aromatic carbocycles. The fourth-order valence-electron chi connectivity index (χ4n) is 2.78. The van der Waals surface area contributed by atoms with E-state index in [1.807, 2.05) is 48.2 Å². The van der Waals surface area contributed by atoms with E-state index in [2.05, 4.69) is 10.3 Å². The molecule has 4 nitrogen and oxygen atoms in total. The number of amides is 1. The summed E-state index contributed by atoms with van der Waals surface area (Å²) in [6, 6.07) is 12.0. The van der Waals surface area contributed by atoms with Crippen LogP contribution in [-0.4, -0.2) is 28.9 Å². The van der Waals surface area contributed by atoms with Crippen molar-refractivity contribution >= 4 is 11.6 Å². The quantitative estimate of drug-likeness (QED) is 0.937. The van der Waals surface area contributed by atoms with Crippen molar-refractivity contribution in [2.75, 3.05) is 18.4 Å². The molecule has 21 heavy (non-hydrogen) atoms. The smallest absolute Gasteiger partial charge is 0.232 e. The van der Waals surface area contributed by atoms with E-state index in [-0.39, 0.29) is 11.8 Å². The highest BCUT2D eigenvalue weighted by Gasteiger charge is 2.30. The average molecular weight is 281 g/mol. The van der Waals surface area contributed by atoms with Crippen LogP contribution in [0.4, 0.5) is 5.69 Å². The maximum atomic E-state index is 12.8. The van der Waals surface area contributed by atoms with Gasteiger partial charge < -0.3 is 10.2 Å². The van der Waals surface area contributed by atoms with Crippen LogP contribution in [-0.2, 0) is 11.3 Å². The maximum Gasteiger partial charge on any atom is 0.232 e. The molecule has 4 heteroatoms. The van der Waals surface area contributed by atoms with Gasteiger partial charge in [0, 0.05) is 37.7 Å². The van der Waals surface area contributed by atoms with Gasteiger partial charge in [-0.2, -0.15) is 0 Å². The molecule has 108 valence electrons. The normalized spacial score (nSPS) is 16.1. The molecule has 0 spiro atoms. The van der Waals surface area contributed by atoms with Gasteiger partial charge in [-0.25, -0.2) is 0 Å². The number of nitrogens with zero attached hydrogens (tertiary/aromatic N) is 2. The minimum Gasteiger partial charge on any atom is -0.384 e. The van der Waals surface area contributed by atoms with Crippen LogP contribution in [0, 0.1) is 0 Å². The largest absolute Gasteiger partial charge is 0.384 e. The van der Waals surface area contributed by atoms with E-state index < -0.39 is 0 Å². The van der Waals surface area contributed by atoms with E-state index in [0.29, 0.717) is 19.6 Å². The molecule has 2 aromatic rings. The van der Waals surface area contributed by atoms with Gasteiger partial charge in [-0.15, -0.1) is 0 Å². The van der Waals surface area contributed by atoms with E-state index in [1.165, 1.54) is 0 Å². The van der Waals surface area contributed by atoms with Gasteiger partial charge in [0.05, 0.1) is 5.92 Å². The molecular weight excluding hydrogens is 262 g/mol.